The number of nitrogens with one attached hydrogen (secondary N) is 1. The topological polar surface area (TPSA) is 166 Å². The number of carbonyl (C=O) groups is 3. The highest BCUT2D eigenvalue weighted by Crippen LogP contribution is 2.37. The minimum Gasteiger partial charge on any atom is -0.394 e. The van der Waals surface area contributed by atoms with Gasteiger partial charge in [-0.3, -0.25) is 14.5 Å². The van der Waals surface area contributed by atoms with Gasteiger partial charge in [-0.25, -0.2) is 4.79 Å². The van der Waals surface area contributed by atoms with Gasteiger partial charge in [0.2, 0.25) is 0 Å². The third-order valence-electron chi connectivity index (χ3n) is 8.66. The summed E-state index contributed by atoms with van der Waals surface area (Å²) in [6, 6.07) is 7.93. The van der Waals surface area contributed by atoms with Gasteiger partial charge in [0.25, 0.3) is 11.8 Å². The number of carbonyl (C=O) groups excluding carboxylic acids is 3. The number of imide groups is 1. The number of urea groups is 1. The third-order valence-corrected chi connectivity index (χ3v) is 9.92. The average Bonchev–Trinajstić information content (AvgIpc) is 3.29. The van der Waals surface area contributed by atoms with Crippen molar-refractivity contribution in [2.45, 2.75) is 81.2 Å². The Kier molecular flexibility index (Phi) is 10.5. The minimum atomic E-state index is -1.35. The molecule has 0 unspecified atom stereocenters. The number of nitrogens with zero attached hydrogens (tertiary/aromatic N) is 2. The van der Waals surface area contributed by atoms with Crippen LogP contribution in [0.3, 0.4) is 0 Å². The van der Waals surface area contributed by atoms with Crippen LogP contribution >= 0.6 is 11.8 Å². The van der Waals surface area contributed by atoms with E-state index in [9.17, 15) is 29.7 Å². The first-order valence-electron chi connectivity index (χ1n) is 15.3. The summed E-state index contributed by atoms with van der Waals surface area (Å²) in [7, 11) is 0. The number of amides is 4. The summed E-state index contributed by atoms with van der Waals surface area (Å²) >= 11 is 1.36. The summed E-state index contributed by atoms with van der Waals surface area (Å²) in [5.74, 6) is 0.153. The van der Waals surface area contributed by atoms with Crippen molar-refractivity contribution in [3.05, 3.63) is 41.5 Å². The Morgan fingerprint density at radius 1 is 0.953 bits per heavy atom. The normalized spacial score (nSPS) is 26.1. The number of aliphatic hydroxyl groups excluding tert-OH is 3. The number of hydrogen-bond donors (Lipinski definition) is 5. The van der Waals surface area contributed by atoms with E-state index in [1.165, 1.54) is 29.5 Å². The van der Waals surface area contributed by atoms with Crippen molar-refractivity contribution < 1.29 is 34.4 Å². The summed E-state index contributed by atoms with van der Waals surface area (Å²) < 4.78 is 5.71. The summed E-state index contributed by atoms with van der Waals surface area (Å²) in [4.78, 5) is 42.1. The van der Waals surface area contributed by atoms with Gasteiger partial charge in [0.05, 0.1) is 12.6 Å². The highest BCUT2D eigenvalue weighted by Gasteiger charge is 2.45. The van der Waals surface area contributed by atoms with Gasteiger partial charge < -0.3 is 36.0 Å². The van der Waals surface area contributed by atoms with E-state index in [2.05, 4.69) is 10.2 Å². The summed E-state index contributed by atoms with van der Waals surface area (Å²) in [5, 5.41) is 34.2. The first-order valence-corrected chi connectivity index (χ1v) is 16.3. The molecule has 6 N–H and O–H groups in total. The van der Waals surface area contributed by atoms with Crippen LogP contribution in [0.4, 0.5) is 10.5 Å². The summed E-state index contributed by atoms with van der Waals surface area (Å²) in [5.41, 5.74) is 6.81. The molecular weight excluding hydrogens is 572 g/mol. The monoisotopic (exact) mass is 614 g/mol. The number of thioether (sulfide) groups is 1. The van der Waals surface area contributed by atoms with Crippen LogP contribution in [0.5, 0.6) is 0 Å². The van der Waals surface area contributed by atoms with Crippen LogP contribution < -0.4 is 16.0 Å². The molecular formula is C31H42N4O7S. The molecule has 0 spiro atoms. The van der Waals surface area contributed by atoms with Crippen LogP contribution in [0, 0.1) is 0 Å². The second kappa shape index (κ2) is 14.3. The molecule has 43 heavy (non-hydrogen) atoms. The lowest BCUT2D eigenvalue weighted by Crippen LogP contribution is -2.64. The molecule has 3 heterocycles. The van der Waals surface area contributed by atoms with Crippen molar-refractivity contribution in [3.63, 3.8) is 0 Å². The maximum Gasteiger partial charge on any atom is 0.312 e. The first-order chi connectivity index (χ1) is 20.8. The number of benzene rings is 2. The predicted octanol–water partition coefficient (Wildman–Crippen LogP) is 2.59. The molecule has 5 atom stereocenters. The lowest BCUT2D eigenvalue weighted by atomic mass is 9.92. The minimum absolute atomic E-state index is 0.242. The molecule has 0 aromatic heterocycles. The molecule has 12 heteroatoms. The molecule has 0 aliphatic carbocycles. The number of primary amides is 1. The zero-order chi connectivity index (χ0) is 30.5. The van der Waals surface area contributed by atoms with Gasteiger partial charge in [0.15, 0.2) is 0 Å². The molecule has 0 bridgehead atoms. The number of unbranched alkanes of at least 4 members (excludes halogenated alkanes) is 3. The Morgan fingerprint density at radius 2 is 1.65 bits per heavy atom. The molecule has 5 rings (SSSR count). The van der Waals surface area contributed by atoms with Gasteiger partial charge in [-0.1, -0.05) is 37.8 Å². The molecule has 0 radical (unpaired) electrons. The van der Waals surface area contributed by atoms with Crippen LogP contribution in [0.25, 0.3) is 10.8 Å². The number of aliphatic hydroxyl groups is 3. The zero-order valence-corrected chi connectivity index (χ0v) is 25.1. The van der Waals surface area contributed by atoms with Gasteiger partial charge >= 0.3 is 6.03 Å². The van der Waals surface area contributed by atoms with Gasteiger partial charge in [-0.05, 0) is 49.6 Å². The lowest BCUT2D eigenvalue weighted by Gasteiger charge is -2.42. The van der Waals surface area contributed by atoms with Crippen LogP contribution in [0.2, 0.25) is 0 Å². The van der Waals surface area contributed by atoms with E-state index >= 15 is 0 Å². The number of rotatable bonds is 11. The van der Waals surface area contributed by atoms with Crippen molar-refractivity contribution >= 4 is 46.1 Å². The fourth-order valence-electron chi connectivity index (χ4n) is 6.39. The molecule has 2 fully saturated rings. The van der Waals surface area contributed by atoms with E-state index in [1.807, 2.05) is 30.3 Å². The van der Waals surface area contributed by atoms with Crippen molar-refractivity contribution in [1.82, 2.24) is 10.2 Å². The van der Waals surface area contributed by atoms with Crippen LogP contribution in [-0.2, 0) is 4.74 Å². The summed E-state index contributed by atoms with van der Waals surface area (Å²) in [6.45, 7) is 1.84. The Hall–Kier alpha value is -2.90. The standard InChI is InChI=1S/C31H42N4O7S/c32-31(41)33-25-27(38)26(37)23(18-36)42-30(25)43-17-8-4-3-7-16-35-28(39)20-11-9-10-19-22(34-14-5-1-2-6-15-34)13-12-21(24(19)20)29(35)40/h9-13,23,25-27,30,36-38H,1-8,14-18H2,(H3,32,33,41)/t23-,25-,26-,27-,30+/m1/s1. The third kappa shape index (κ3) is 6.78. The number of nitrogens with two attached hydrogens (primary N) is 1. The molecule has 234 valence electrons. The largest absolute Gasteiger partial charge is 0.394 e. The van der Waals surface area contributed by atoms with Gasteiger partial charge in [0, 0.05) is 47.2 Å². The molecule has 2 aromatic rings. The Labute approximate surface area is 255 Å². The second-order valence-corrected chi connectivity index (χ2v) is 12.8. The van der Waals surface area contributed by atoms with E-state index in [1.54, 1.807) is 0 Å². The maximum absolute atomic E-state index is 13.5. The van der Waals surface area contributed by atoms with Gasteiger partial charge in [-0.2, -0.15) is 0 Å². The number of anilines is 1. The zero-order valence-electron chi connectivity index (χ0n) is 24.3. The van der Waals surface area contributed by atoms with Crippen molar-refractivity contribution in [1.29, 1.82) is 0 Å². The van der Waals surface area contributed by atoms with E-state index in [-0.39, 0.29) is 11.8 Å². The second-order valence-electron chi connectivity index (χ2n) is 11.5. The van der Waals surface area contributed by atoms with E-state index < -0.39 is 42.4 Å². The fraction of sp³-hybridized carbons (Fsp3) is 0.581. The van der Waals surface area contributed by atoms with Crippen LogP contribution in [0.1, 0.15) is 72.1 Å². The quantitative estimate of drug-likeness (QED) is 0.189. The van der Waals surface area contributed by atoms with Gasteiger partial charge in [0.1, 0.15) is 23.7 Å². The Bertz CT molecular complexity index is 1300. The SMILES string of the molecule is NC(=O)N[C@@H]1[C@@H](O)[C@H](O)[C@@H](CO)O[C@H]1SCCCCCCN1C(=O)c2cccc3c(N4CCCCCC4)ccc(c23)C1=O. The highest BCUT2D eigenvalue weighted by molar-refractivity contribution is 7.99. The van der Waals surface area contributed by atoms with Crippen molar-refractivity contribution in [3.8, 4) is 0 Å². The fourth-order valence-corrected chi connectivity index (χ4v) is 7.65. The van der Waals surface area contributed by atoms with Gasteiger partial charge in [-0.15, -0.1) is 11.8 Å². The average molecular weight is 615 g/mol. The maximum atomic E-state index is 13.5. The first kappa shape index (κ1) is 31.5. The number of ether oxygens (including phenoxy) is 1. The smallest absolute Gasteiger partial charge is 0.312 e. The molecule has 0 saturated carbocycles. The van der Waals surface area contributed by atoms with E-state index in [0.717, 1.165) is 61.7 Å². The molecule has 3 aliphatic heterocycles. The molecule has 3 aliphatic rings. The summed E-state index contributed by atoms with van der Waals surface area (Å²) in [6.07, 6.45) is 4.21. The van der Waals surface area contributed by atoms with Crippen LogP contribution in [0.15, 0.2) is 30.3 Å². The molecule has 2 aromatic carbocycles. The highest BCUT2D eigenvalue weighted by atomic mass is 32.2. The lowest BCUT2D eigenvalue weighted by molar-refractivity contribution is -0.169. The molecule has 4 amide bonds. The molecule has 2 saturated heterocycles. The Balaban J connectivity index is 1.14. The predicted molar refractivity (Wildman–Crippen MR) is 165 cm³/mol. The Morgan fingerprint density at radius 3 is 2.35 bits per heavy atom. The van der Waals surface area contributed by atoms with Crippen molar-refractivity contribution in [2.75, 3.05) is 36.9 Å². The number of hydrogen-bond acceptors (Lipinski definition) is 9. The van der Waals surface area contributed by atoms with E-state index in [4.69, 9.17) is 10.5 Å². The van der Waals surface area contributed by atoms with E-state index in [0.29, 0.717) is 29.8 Å². The van der Waals surface area contributed by atoms with Crippen molar-refractivity contribution in [2.24, 2.45) is 5.73 Å². The van der Waals surface area contributed by atoms with Crippen LogP contribution in [-0.4, -0.2) is 99.8 Å². The molecule has 11 nitrogen and oxygen atoms in total.